The van der Waals surface area contributed by atoms with Gasteiger partial charge >= 0.3 is 0 Å². The number of thiophene rings is 1. The highest BCUT2D eigenvalue weighted by atomic mass is 35.5. The van der Waals surface area contributed by atoms with E-state index in [9.17, 15) is 5.11 Å². The lowest BCUT2D eigenvalue weighted by atomic mass is 10.1. The molecule has 5 nitrogen and oxygen atoms in total. The molecule has 0 amide bonds. The third-order valence-electron chi connectivity index (χ3n) is 3.62. The van der Waals surface area contributed by atoms with E-state index in [1.54, 1.807) is 12.1 Å². The minimum Gasteiger partial charge on any atom is -0.397 e. The first kappa shape index (κ1) is 17.2. The first-order chi connectivity index (χ1) is 11.4. The number of aromatic nitrogens is 2. The molecule has 0 aliphatic rings. The second-order valence-electron chi connectivity index (χ2n) is 5.50. The molecule has 8 heteroatoms. The van der Waals surface area contributed by atoms with Gasteiger partial charge in [0.2, 0.25) is 5.95 Å². The predicted molar refractivity (Wildman–Crippen MR) is 102 cm³/mol. The van der Waals surface area contributed by atoms with Gasteiger partial charge in [-0.05, 0) is 26.0 Å². The lowest BCUT2D eigenvalue weighted by molar-refractivity contribution is 0.281. The summed E-state index contributed by atoms with van der Waals surface area (Å²) in [4.78, 5) is 10.9. The molecular weight excluding hydrogens is 367 g/mol. The number of nitrogens with zero attached hydrogens (tertiary/aromatic N) is 2. The Hall–Kier alpha value is -1.60. The van der Waals surface area contributed by atoms with Crippen LogP contribution in [-0.2, 0) is 0 Å². The maximum absolute atomic E-state index is 9.24. The third kappa shape index (κ3) is 3.15. The van der Waals surface area contributed by atoms with E-state index in [1.165, 1.54) is 11.3 Å². The van der Waals surface area contributed by atoms with E-state index in [4.69, 9.17) is 28.9 Å². The van der Waals surface area contributed by atoms with Crippen LogP contribution >= 0.6 is 34.5 Å². The van der Waals surface area contributed by atoms with E-state index in [0.29, 0.717) is 27.4 Å². The fraction of sp³-hybridized carbons (Fsp3) is 0.250. The largest absolute Gasteiger partial charge is 0.397 e. The fourth-order valence-electron chi connectivity index (χ4n) is 2.32. The number of aliphatic hydroxyl groups excluding tert-OH is 1. The highest BCUT2D eigenvalue weighted by Gasteiger charge is 2.18. The number of aliphatic hydroxyl groups is 1. The summed E-state index contributed by atoms with van der Waals surface area (Å²) >= 11 is 13.7. The maximum Gasteiger partial charge on any atom is 0.224 e. The predicted octanol–water partition coefficient (Wildman–Crippen LogP) is 4.35. The molecule has 1 aromatic carbocycles. The number of aryl methyl sites for hydroxylation is 1. The van der Waals surface area contributed by atoms with Crippen molar-refractivity contribution < 1.29 is 5.11 Å². The second kappa shape index (κ2) is 6.72. The Kier molecular flexibility index (Phi) is 4.83. The number of hydrogen-bond acceptors (Lipinski definition) is 6. The van der Waals surface area contributed by atoms with Crippen molar-refractivity contribution in [2.45, 2.75) is 19.9 Å². The Morgan fingerprint density at radius 1 is 1.29 bits per heavy atom. The Morgan fingerprint density at radius 2 is 2.04 bits per heavy atom. The minimum atomic E-state index is -0.164. The van der Waals surface area contributed by atoms with Gasteiger partial charge in [0, 0.05) is 16.5 Å². The molecule has 2 heterocycles. The van der Waals surface area contributed by atoms with Crippen molar-refractivity contribution in [2.75, 3.05) is 17.7 Å². The van der Waals surface area contributed by atoms with Crippen LogP contribution < -0.4 is 11.1 Å². The number of nitrogens with two attached hydrogens (primary N) is 1. The molecule has 0 aliphatic heterocycles. The summed E-state index contributed by atoms with van der Waals surface area (Å²) in [5, 5.41) is 14.1. The molecule has 0 spiro atoms. The van der Waals surface area contributed by atoms with E-state index in [0.717, 1.165) is 20.7 Å². The molecular formula is C16H16Cl2N4OS. The summed E-state index contributed by atoms with van der Waals surface area (Å²) in [6.45, 7) is 3.78. The number of nitrogens with one attached hydrogen (secondary N) is 1. The molecule has 3 rings (SSSR count). The minimum absolute atomic E-state index is 0.0187. The fourth-order valence-corrected chi connectivity index (χ4v) is 3.56. The van der Waals surface area contributed by atoms with E-state index in [1.807, 2.05) is 19.9 Å². The molecule has 4 N–H and O–H groups in total. The molecule has 0 aliphatic carbocycles. The summed E-state index contributed by atoms with van der Waals surface area (Å²) in [5.74, 6) is 0.436. The van der Waals surface area contributed by atoms with Gasteiger partial charge < -0.3 is 16.2 Å². The van der Waals surface area contributed by atoms with Crippen LogP contribution in [-0.4, -0.2) is 27.7 Å². The highest BCUT2D eigenvalue weighted by molar-refractivity contribution is 7.19. The number of halogens is 2. The van der Waals surface area contributed by atoms with Gasteiger partial charge in [-0.2, -0.15) is 0 Å². The van der Waals surface area contributed by atoms with Gasteiger partial charge in [-0.15, -0.1) is 11.3 Å². The van der Waals surface area contributed by atoms with Gasteiger partial charge in [0.25, 0.3) is 0 Å². The van der Waals surface area contributed by atoms with Crippen molar-refractivity contribution in [2.24, 2.45) is 0 Å². The number of fused-ring (bicyclic) bond motifs is 1. The molecule has 1 atom stereocenters. The molecule has 1 unspecified atom stereocenters. The summed E-state index contributed by atoms with van der Waals surface area (Å²) in [5.41, 5.74) is 8.39. The normalized spacial score (nSPS) is 12.5. The van der Waals surface area contributed by atoms with Crippen LogP contribution in [0, 0.1) is 6.92 Å². The molecule has 0 saturated heterocycles. The standard InChI is InChI=1S/C16H16Cl2N4OS/c1-7(6-23)20-16-21-14(9-3-4-10(17)11(18)5-9)12-13(19)8(2)24-15(12)22-16/h3-5,7,23H,6,19H2,1-2H3,(H,20,21,22). The summed E-state index contributed by atoms with van der Waals surface area (Å²) < 4.78 is 0. The molecule has 2 aromatic heterocycles. The van der Waals surface area contributed by atoms with E-state index >= 15 is 0 Å². The zero-order valence-corrected chi connectivity index (χ0v) is 15.4. The number of rotatable bonds is 4. The van der Waals surface area contributed by atoms with E-state index in [2.05, 4.69) is 15.3 Å². The smallest absolute Gasteiger partial charge is 0.224 e. The number of nitrogen functional groups attached to an aromatic ring is 1. The second-order valence-corrected chi connectivity index (χ2v) is 7.52. The Labute approximate surface area is 153 Å². The molecule has 0 saturated carbocycles. The van der Waals surface area contributed by atoms with Crippen molar-refractivity contribution in [3.63, 3.8) is 0 Å². The van der Waals surface area contributed by atoms with Gasteiger partial charge in [0.15, 0.2) is 0 Å². The number of hydrogen-bond donors (Lipinski definition) is 3. The van der Waals surface area contributed by atoms with Gasteiger partial charge in [-0.3, -0.25) is 0 Å². The van der Waals surface area contributed by atoms with Crippen LogP contribution in [0.4, 0.5) is 11.6 Å². The average Bonchev–Trinajstić information content (AvgIpc) is 2.84. The summed E-state index contributed by atoms with van der Waals surface area (Å²) in [6, 6.07) is 5.17. The highest BCUT2D eigenvalue weighted by Crippen LogP contribution is 2.39. The van der Waals surface area contributed by atoms with Crippen LogP contribution in [0.5, 0.6) is 0 Å². The third-order valence-corrected chi connectivity index (χ3v) is 5.37. The SMILES string of the molecule is Cc1sc2nc(NC(C)CO)nc(-c3ccc(Cl)c(Cl)c3)c2c1N. The summed E-state index contributed by atoms with van der Waals surface area (Å²) in [7, 11) is 0. The van der Waals surface area contributed by atoms with Gasteiger partial charge in [-0.1, -0.05) is 29.3 Å². The monoisotopic (exact) mass is 382 g/mol. The van der Waals surface area contributed by atoms with Gasteiger partial charge in [-0.25, -0.2) is 9.97 Å². The number of anilines is 2. The zero-order valence-electron chi connectivity index (χ0n) is 13.1. The van der Waals surface area contributed by atoms with Crippen LogP contribution in [0.15, 0.2) is 18.2 Å². The molecule has 0 bridgehead atoms. The Balaban J connectivity index is 2.24. The zero-order chi connectivity index (χ0) is 17.4. The van der Waals surface area contributed by atoms with Crippen LogP contribution in [0.3, 0.4) is 0 Å². The molecule has 126 valence electrons. The maximum atomic E-state index is 9.24. The first-order valence-electron chi connectivity index (χ1n) is 7.30. The number of benzene rings is 1. The van der Waals surface area contributed by atoms with Crippen molar-refractivity contribution in [3.8, 4) is 11.3 Å². The Morgan fingerprint density at radius 3 is 2.71 bits per heavy atom. The van der Waals surface area contributed by atoms with Gasteiger partial charge in [0.05, 0.1) is 33.4 Å². The topological polar surface area (TPSA) is 84.1 Å². The first-order valence-corrected chi connectivity index (χ1v) is 8.87. The van der Waals surface area contributed by atoms with Crippen molar-refractivity contribution >= 4 is 56.4 Å². The average molecular weight is 383 g/mol. The molecule has 0 fully saturated rings. The van der Waals surface area contributed by atoms with E-state index in [-0.39, 0.29) is 12.6 Å². The van der Waals surface area contributed by atoms with Crippen molar-refractivity contribution in [1.29, 1.82) is 0 Å². The Bertz CT molecular complexity index is 913. The molecule has 24 heavy (non-hydrogen) atoms. The molecule has 3 aromatic rings. The van der Waals surface area contributed by atoms with Crippen LogP contribution in [0.2, 0.25) is 10.0 Å². The van der Waals surface area contributed by atoms with E-state index < -0.39 is 0 Å². The van der Waals surface area contributed by atoms with Crippen molar-refractivity contribution in [3.05, 3.63) is 33.1 Å². The summed E-state index contributed by atoms with van der Waals surface area (Å²) in [6.07, 6.45) is 0. The quantitative estimate of drug-likeness (QED) is 0.624. The van der Waals surface area contributed by atoms with Gasteiger partial charge in [0.1, 0.15) is 4.83 Å². The molecule has 0 radical (unpaired) electrons. The van der Waals surface area contributed by atoms with Crippen molar-refractivity contribution in [1.82, 2.24) is 9.97 Å². The van der Waals surface area contributed by atoms with Crippen LogP contribution in [0.1, 0.15) is 11.8 Å². The lowest BCUT2D eigenvalue weighted by Gasteiger charge is -2.13. The lowest BCUT2D eigenvalue weighted by Crippen LogP contribution is -2.21. The van der Waals surface area contributed by atoms with Crippen LogP contribution in [0.25, 0.3) is 21.5 Å².